The van der Waals surface area contributed by atoms with Gasteiger partial charge in [0.05, 0.1) is 17.9 Å². The van der Waals surface area contributed by atoms with Gasteiger partial charge >= 0.3 is 0 Å². The number of aromatic nitrogens is 1. The molecule has 0 spiro atoms. The summed E-state index contributed by atoms with van der Waals surface area (Å²) in [6, 6.07) is 5.75. The zero-order chi connectivity index (χ0) is 12.7. The van der Waals surface area contributed by atoms with Crippen molar-refractivity contribution in [3.63, 3.8) is 0 Å². The van der Waals surface area contributed by atoms with Crippen molar-refractivity contribution in [1.29, 1.82) is 0 Å². The average Bonchev–Trinajstić information content (AvgIpc) is 2.36. The van der Waals surface area contributed by atoms with Gasteiger partial charge in [-0.1, -0.05) is 6.07 Å². The number of nitrogens with zero attached hydrogens (tertiary/aromatic N) is 1. The molecule has 0 aliphatic rings. The summed E-state index contributed by atoms with van der Waals surface area (Å²) in [6.45, 7) is 5.12. The molecule has 17 heavy (non-hydrogen) atoms. The fourth-order valence-electron chi connectivity index (χ4n) is 1.39. The Hall–Kier alpha value is -0.970. The Bertz CT molecular complexity index is 314. The summed E-state index contributed by atoms with van der Waals surface area (Å²) in [4.78, 5) is 4.25. The van der Waals surface area contributed by atoms with E-state index in [1.54, 1.807) is 13.3 Å². The van der Waals surface area contributed by atoms with E-state index in [4.69, 9.17) is 15.2 Å². The topological polar surface area (TPSA) is 57.4 Å². The summed E-state index contributed by atoms with van der Waals surface area (Å²) in [5, 5.41) is 0. The highest BCUT2D eigenvalue weighted by molar-refractivity contribution is 5.07. The molecule has 0 fully saturated rings. The van der Waals surface area contributed by atoms with E-state index in [0.29, 0.717) is 13.2 Å². The Labute approximate surface area is 103 Å². The molecule has 2 N–H and O–H groups in total. The van der Waals surface area contributed by atoms with Crippen LogP contribution < -0.4 is 5.73 Å². The van der Waals surface area contributed by atoms with Crippen molar-refractivity contribution in [2.45, 2.75) is 32.0 Å². The lowest BCUT2D eigenvalue weighted by molar-refractivity contribution is -0.0264. The minimum atomic E-state index is -0.163. The monoisotopic (exact) mass is 238 g/mol. The van der Waals surface area contributed by atoms with Crippen molar-refractivity contribution in [2.24, 2.45) is 5.73 Å². The van der Waals surface area contributed by atoms with E-state index in [0.717, 1.165) is 12.1 Å². The van der Waals surface area contributed by atoms with Crippen molar-refractivity contribution in [2.75, 3.05) is 20.3 Å². The van der Waals surface area contributed by atoms with Crippen molar-refractivity contribution >= 4 is 0 Å². The molecule has 1 aromatic rings. The standard InChI is InChI=1S/C13H22N2O2/c1-13(2,16-3)7-9-17-12(10-14)11-6-4-5-8-15-11/h4-6,8,12H,7,9-10,14H2,1-3H3. The lowest BCUT2D eigenvalue weighted by Gasteiger charge is -2.24. The second kappa shape index (κ2) is 6.69. The molecule has 0 saturated carbocycles. The van der Waals surface area contributed by atoms with Gasteiger partial charge < -0.3 is 15.2 Å². The SMILES string of the molecule is COC(C)(C)CCOC(CN)c1ccccn1. The number of methoxy groups -OCH3 is 1. The number of nitrogens with two attached hydrogens (primary N) is 1. The van der Waals surface area contributed by atoms with Crippen LogP contribution in [-0.4, -0.2) is 30.8 Å². The molecule has 1 unspecified atom stereocenters. The van der Waals surface area contributed by atoms with Crippen LogP contribution in [0.3, 0.4) is 0 Å². The molecule has 96 valence electrons. The molecule has 1 atom stereocenters. The normalized spacial score (nSPS) is 13.6. The van der Waals surface area contributed by atoms with Gasteiger partial charge in [0.25, 0.3) is 0 Å². The first-order chi connectivity index (χ1) is 8.09. The molecule has 0 aliphatic carbocycles. The Morgan fingerprint density at radius 2 is 2.18 bits per heavy atom. The van der Waals surface area contributed by atoms with Crippen LogP contribution in [-0.2, 0) is 9.47 Å². The smallest absolute Gasteiger partial charge is 0.112 e. The van der Waals surface area contributed by atoms with Crippen molar-refractivity contribution < 1.29 is 9.47 Å². The number of pyridine rings is 1. The second-order valence-corrected chi connectivity index (χ2v) is 4.56. The van der Waals surface area contributed by atoms with Gasteiger partial charge in [-0.25, -0.2) is 0 Å². The predicted octanol–water partition coefficient (Wildman–Crippen LogP) is 1.91. The van der Waals surface area contributed by atoms with E-state index in [-0.39, 0.29) is 11.7 Å². The van der Waals surface area contributed by atoms with E-state index in [1.165, 1.54) is 0 Å². The van der Waals surface area contributed by atoms with Crippen LogP contribution in [0.25, 0.3) is 0 Å². The Kier molecular flexibility index (Phi) is 5.55. The van der Waals surface area contributed by atoms with Gasteiger partial charge in [-0.15, -0.1) is 0 Å². The van der Waals surface area contributed by atoms with E-state index in [1.807, 2.05) is 32.0 Å². The lowest BCUT2D eigenvalue weighted by atomic mass is 10.1. The van der Waals surface area contributed by atoms with Crippen LogP contribution in [0.2, 0.25) is 0 Å². The van der Waals surface area contributed by atoms with Crippen molar-refractivity contribution in [3.8, 4) is 0 Å². The molecular weight excluding hydrogens is 216 g/mol. The molecule has 1 rings (SSSR count). The molecule has 0 bridgehead atoms. The third-order valence-electron chi connectivity index (χ3n) is 2.81. The van der Waals surface area contributed by atoms with Gasteiger partial charge in [-0.2, -0.15) is 0 Å². The highest BCUT2D eigenvalue weighted by Gasteiger charge is 2.18. The van der Waals surface area contributed by atoms with E-state index in [9.17, 15) is 0 Å². The molecule has 0 radical (unpaired) electrons. The van der Waals surface area contributed by atoms with Gasteiger partial charge in [0, 0.05) is 19.9 Å². The van der Waals surface area contributed by atoms with Gasteiger partial charge in [0.2, 0.25) is 0 Å². The summed E-state index contributed by atoms with van der Waals surface area (Å²) in [7, 11) is 1.71. The fourth-order valence-corrected chi connectivity index (χ4v) is 1.39. The largest absolute Gasteiger partial charge is 0.379 e. The lowest BCUT2D eigenvalue weighted by Crippen LogP contribution is -2.26. The third kappa shape index (κ3) is 4.81. The maximum absolute atomic E-state index is 5.75. The number of hydrogen-bond donors (Lipinski definition) is 1. The molecule has 0 aromatic carbocycles. The van der Waals surface area contributed by atoms with E-state index in [2.05, 4.69) is 4.98 Å². The van der Waals surface area contributed by atoms with Crippen LogP contribution in [0.1, 0.15) is 32.1 Å². The maximum atomic E-state index is 5.75. The Morgan fingerprint density at radius 3 is 2.71 bits per heavy atom. The first-order valence-electron chi connectivity index (χ1n) is 5.87. The highest BCUT2D eigenvalue weighted by Crippen LogP contribution is 2.17. The first kappa shape index (κ1) is 14.1. The second-order valence-electron chi connectivity index (χ2n) is 4.56. The number of hydrogen-bond acceptors (Lipinski definition) is 4. The number of ether oxygens (including phenoxy) is 2. The summed E-state index contributed by atoms with van der Waals surface area (Å²) in [6.07, 6.45) is 2.44. The fraction of sp³-hybridized carbons (Fsp3) is 0.615. The molecule has 1 aromatic heterocycles. The molecule has 1 heterocycles. The molecular formula is C13H22N2O2. The minimum absolute atomic E-state index is 0.135. The summed E-state index contributed by atoms with van der Waals surface area (Å²) in [5.41, 5.74) is 6.41. The van der Waals surface area contributed by atoms with Crippen LogP contribution in [0.15, 0.2) is 24.4 Å². The third-order valence-corrected chi connectivity index (χ3v) is 2.81. The quantitative estimate of drug-likeness (QED) is 0.788. The predicted molar refractivity (Wildman–Crippen MR) is 67.7 cm³/mol. The first-order valence-corrected chi connectivity index (χ1v) is 5.87. The average molecular weight is 238 g/mol. The summed E-state index contributed by atoms with van der Waals surface area (Å²) >= 11 is 0. The van der Waals surface area contributed by atoms with Crippen LogP contribution in [0.5, 0.6) is 0 Å². The molecule has 0 amide bonds. The molecule has 4 heteroatoms. The van der Waals surface area contributed by atoms with Gasteiger partial charge in [0.15, 0.2) is 0 Å². The van der Waals surface area contributed by atoms with Gasteiger partial charge in [0.1, 0.15) is 6.10 Å². The highest BCUT2D eigenvalue weighted by atomic mass is 16.5. The number of rotatable bonds is 7. The molecule has 4 nitrogen and oxygen atoms in total. The zero-order valence-corrected chi connectivity index (χ0v) is 10.8. The zero-order valence-electron chi connectivity index (χ0n) is 10.8. The van der Waals surface area contributed by atoms with E-state index < -0.39 is 0 Å². The van der Waals surface area contributed by atoms with Crippen molar-refractivity contribution in [3.05, 3.63) is 30.1 Å². The Balaban J connectivity index is 2.44. The van der Waals surface area contributed by atoms with Gasteiger partial charge in [-0.05, 0) is 32.4 Å². The van der Waals surface area contributed by atoms with E-state index >= 15 is 0 Å². The van der Waals surface area contributed by atoms with Crippen molar-refractivity contribution in [1.82, 2.24) is 4.98 Å². The van der Waals surface area contributed by atoms with Crippen LogP contribution >= 0.6 is 0 Å². The van der Waals surface area contributed by atoms with Crippen LogP contribution in [0.4, 0.5) is 0 Å². The maximum Gasteiger partial charge on any atom is 0.112 e. The summed E-state index contributed by atoms with van der Waals surface area (Å²) < 4.78 is 11.1. The van der Waals surface area contributed by atoms with Gasteiger partial charge in [-0.3, -0.25) is 4.98 Å². The van der Waals surface area contributed by atoms with Crippen LogP contribution in [0, 0.1) is 0 Å². The minimum Gasteiger partial charge on any atom is -0.379 e. The summed E-state index contributed by atoms with van der Waals surface area (Å²) in [5.74, 6) is 0. The molecule has 0 saturated heterocycles. The molecule has 0 aliphatic heterocycles. The Morgan fingerprint density at radius 1 is 1.41 bits per heavy atom.